The number of hydrogen-bond acceptors (Lipinski definition) is 12. The first-order chi connectivity index (χ1) is 57.0. The summed E-state index contributed by atoms with van der Waals surface area (Å²) in [5.41, 5.74) is 9.27. The third-order valence-electron chi connectivity index (χ3n) is 20.7. The molecule has 0 aliphatic heterocycles. The van der Waals surface area contributed by atoms with Crippen molar-refractivity contribution < 1.29 is 22.0 Å². The number of nitrogens with zero attached hydrogens (tertiary/aromatic N) is 14. The maximum absolute atomic E-state index is 17.7. The molecule has 6 heterocycles. The first kappa shape index (κ1) is 69.6. The zero-order valence-corrected chi connectivity index (χ0v) is 61.3. The van der Waals surface area contributed by atoms with Gasteiger partial charge in [0.2, 0.25) is 5.82 Å². The van der Waals surface area contributed by atoms with Crippen molar-refractivity contribution in [1.29, 1.82) is 0 Å². The van der Waals surface area contributed by atoms with Gasteiger partial charge in [0.15, 0.2) is 93.2 Å². The number of benzene rings is 14. The minimum atomic E-state index is -2.32. The number of fused-ring (bicyclic) bond motifs is 6. The Bertz CT molecular complexity index is 6620. The fraction of sp³-hybridized carbons (Fsp3) is 0.0103. The molecule has 0 bridgehead atoms. The topological polar surface area (TPSA) is 165 Å². The second-order valence-corrected chi connectivity index (χ2v) is 27.8. The van der Waals surface area contributed by atoms with Gasteiger partial charge in [-0.15, -0.1) is 0 Å². The zero-order chi connectivity index (χ0) is 78.1. The largest absolute Gasteiger partial charge is 0.309 e. The Hall–Kier alpha value is -15.6. The van der Waals surface area contributed by atoms with Crippen LogP contribution in [0.4, 0.5) is 22.0 Å². The van der Waals surface area contributed by atoms with Gasteiger partial charge in [0.1, 0.15) is 0 Å². The van der Waals surface area contributed by atoms with E-state index >= 15 is 22.0 Å². The summed E-state index contributed by atoms with van der Waals surface area (Å²) >= 11 is 0. The molecule has 0 spiro atoms. The lowest BCUT2D eigenvalue weighted by Gasteiger charge is -2.22. The van der Waals surface area contributed by atoms with Crippen LogP contribution >= 0.6 is 0 Å². The third-order valence-corrected chi connectivity index (χ3v) is 20.7. The highest BCUT2D eigenvalue weighted by molar-refractivity contribution is 6.13. The van der Waals surface area contributed by atoms with E-state index in [-0.39, 0.29) is 22.9 Å². The molecule has 19 heteroatoms. The fourth-order valence-electron chi connectivity index (χ4n) is 15.1. The SMILES string of the molecule is Cc1c(-n2c3cc(-c4nc(-c5ccccc5)nc(-c5ccccc5)n4)ccc3c3ccc(-c4nc(-c5ccccc5)nc(-c5ccccc5)n4)cc32)ccc(-c2c(F)c(F)c(F)c(F)c2F)c1-n1c2cc(-c3nc(-c4ccccc4)nc(-c4ccccc4)n3)ccc2c2ccc(-c3nc(-c4ccccc4)nc(-c4ccccc4)n3)cc21. The second-order valence-electron chi connectivity index (χ2n) is 27.8. The van der Waals surface area contributed by atoms with E-state index in [0.717, 1.165) is 33.0 Å². The second kappa shape index (κ2) is 28.9. The van der Waals surface area contributed by atoms with Crippen LogP contribution in [-0.2, 0) is 0 Å². The standard InChI is InChI=1S/C97H57F5N14/c1-56-74(115-75-52-65(94-107-86(57-26-10-2-11-27-57)103-87(108-94)58-28-12-3-13-29-58)42-46-69(75)70-47-43-66(53-76(70)115)95-109-88(59-30-14-4-15-31-59)104-89(110-95)60-32-16-5-17-33-60)51-50-73(79-80(98)82(100)84(102)83(101)81(79)99)85(56)116-77-54-67(96-111-90(61-34-18-6-19-35-61)105-91(112-96)62-36-20-7-21-37-62)44-48-71(77)72-49-45-68(55-78(72)116)97-113-92(63-38-22-8-23-39-63)106-93(114-97)64-40-24-9-25-41-64/h2-55H,1H3. The highest BCUT2D eigenvalue weighted by Gasteiger charge is 2.32. The van der Waals surface area contributed by atoms with Crippen LogP contribution in [0.3, 0.4) is 0 Å². The quantitative estimate of drug-likeness (QED) is 0.0543. The average molecular weight is 1510 g/mol. The van der Waals surface area contributed by atoms with Crippen LogP contribution in [0.25, 0.3) is 203 Å². The van der Waals surface area contributed by atoms with E-state index in [1.165, 1.54) is 6.07 Å². The van der Waals surface area contributed by atoms with Gasteiger partial charge in [0.25, 0.3) is 0 Å². The Morgan fingerprint density at radius 2 is 0.397 bits per heavy atom. The van der Waals surface area contributed by atoms with E-state index in [4.69, 9.17) is 59.8 Å². The Morgan fingerprint density at radius 1 is 0.198 bits per heavy atom. The molecule has 0 aliphatic carbocycles. The molecule has 0 atom stereocenters. The van der Waals surface area contributed by atoms with Crippen LogP contribution in [0.5, 0.6) is 0 Å². The van der Waals surface area contributed by atoms with Gasteiger partial charge < -0.3 is 9.13 Å². The molecule has 0 amide bonds. The maximum atomic E-state index is 17.7. The molecule has 0 N–H and O–H groups in total. The molecule has 6 aromatic heterocycles. The van der Waals surface area contributed by atoms with Crippen molar-refractivity contribution in [2.24, 2.45) is 0 Å². The van der Waals surface area contributed by atoms with Crippen molar-refractivity contribution >= 4 is 43.6 Å². The van der Waals surface area contributed by atoms with Gasteiger partial charge >= 0.3 is 0 Å². The van der Waals surface area contributed by atoms with Crippen molar-refractivity contribution in [1.82, 2.24) is 68.9 Å². The average Bonchev–Trinajstić information content (AvgIpc) is 1.55. The van der Waals surface area contributed by atoms with Crippen molar-refractivity contribution in [3.05, 3.63) is 362 Å². The van der Waals surface area contributed by atoms with Gasteiger partial charge in [-0.25, -0.2) is 81.8 Å². The van der Waals surface area contributed by atoms with Crippen LogP contribution in [0, 0.1) is 36.0 Å². The first-order valence-electron chi connectivity index (χ1n) is 37.3. The molecule has 0 radical (unpaired) electrons. The minimum Gasteiger partial charge on any atom is -0.309 e. The summed E-state index contributed by atoms with van der Waals surface area (Å²) in [5.74, 6) is -6.25. The summed E-state index contributed by atoms with van der Waals surface area (Å²) in [6, 6.07) is 103. The normalized spacial score (nSPS) is 11.5. The van der Waals surface area contributed by atoms with Gasteiger partial charge in [-0.3, -0.25) is 0 Å². The van der Waals surface area contributed by atoms with Crippen molar-refractivity contribution in [2.75, 3.05) is 0 Å². The van der Waals surface area contributed by atoms with E-state index < -0.39 is 34.6 Å². The van der Waals surface area contributed by atoms with Crippen LogP contribution in [0.1, 0.15) is 5.56 Å². The van der Waals surface area contributed by atoms with Gasteiger partial charge in [0.05, 0.1) is 39.0 Å². The zero-order valence-electron chi connectivity index (χ0n) is 61.3. The van der Waals surface area contributed by atoms with Crippen LogP contribution in [0.15, 0.2) is 328 Å². The molecule has 14 nitrogen and oxygen atoms in total. The van der Waals surface area contributed by atoms with Crippen LogP contribution < -0.4 is 0 Å². The van der Waals surface area contributed by atoms with Crippen LogP contribution in [-0.4, -0.2) is 68.9 Å². The maximum Gasteiger partial charge on any atom is 0.200 e. The smallest absolute Gasteiger partial charge is 0.200 e. The van der Waals surface area contributed by atoms with Gasteiger partial charge in [-0.1, -0.05) is 291 Å². The Labute approximate surface area is 659 Å². The van der Waals surface area contributed by atoms with Crippen LogP contribution in [0.2, 0.25) is 0 Å². The molecular weight excluding hydrogens is 1460 g/mol. The Kier molecular flexibility index (Phi) is 17.3. The summed E-state index contributed by atoms with van der Waals surface area (Å²) in [6.45, 7) is 1.78. The Balaban J connectivity index is 0.905. The fourth-order valence-corrected chi connectivity index (χ4v) is 15.1. The number of rotatable bonds is 15. The summed E-state index contributed by atoms with van der Waals surface area (Å²) in [6.07, 6.45) is 0. The summed E-state index contributed by atoms with van der Waals surface area (Å²) in [5, 5.41) is 2.73. The summed E-state index contributed by atoms with van der Waals surface area (Å²) in [4.78, 5) is 61.4. The molecule has 20 aromatic rings. The van der Waals surface area contributed by atoms with E-state index in [2.05, 4.69) is 0 Å². The van der Waals surface area contributed by atoms with Crippen molar-refractivity contribution in [3.8, 4) is 159 Å². The molecule has 550 valence electrons. The molecular formula is C97H57F5N14. The predicted octanol–water partition coefficient (Wildman–Crippen LogP) is 23.3. The Morgan fingerprint density at radius 3 is 0.621 bits per heavy atom. The lowest BCUT2D eigenvalue weighted by Crippen LogP contribution is -2.10. The summed E-state index contributed by atoms with van der Waals surface area (Å²) in [7, 11) is 0. The van der Waals surface area contributed by atoms with Crippen molar-refractivity contribution in [3.63, 3.8) is 0 Å². The van der Waals surface area contributed by atoms with E-state index in [0.29, 0.717) is 147 Å². The van der Waals surface area contributed by atoms with Crippen molar-refractivity contribution in [2.45, 2.75) is 6.92 Å². The molecule has 0 aliphatic rings. The number of hydrogen-bond donors (Lipinski definition) is 0. The van der Waals surface area contributed by atoms with Gasteiger partial charge in [-0.05, 0) is 48.9 Å². The lowest BCUT2D eigenvalue weighted by molar-refractivity contribution is 0.381. The lowest BCUT2D eigenvalue weighted by atomic mass is 9.96. The first-order valence-corrected chi connectivity index (χ1v) is 37.3. The molecule has 0 saturated heterocycles. The highest BCUT2D eigenvalue weighted by Crippen LogP contribution is 2.47. The highest BCUT2D eigenvalue weighted by atomic mass is 19.2. The van der Waals surface area contributed by atoms with E-state index in [9.17, 15) is 0 Å². The molecule has 14 aromatic carbocycles. The summed E-state index contributed by atoms with van der Waals surface area (Å²) < 4.78 is 88.1. The molecule has 20 rings (SSSR count). The van der Waals surface area contributed by atoms with Gasteiger partial charge in [-0.2, -0.15) is 0 Å². The molecule has 0 saturated carbocycles. The number of aromatic nitrogens is 14. The minimum absolute atomic E-state index is 0.0217. The number of halogens is 5. The molecule has 116 heavy (non-hydrogen) atoms. The monoisotopic (exact) mass is 1510 g/mol. The molecule has 0 fully saturated rings. The van der Waals surface area contributed by atoms with E-state index in [1.54, 1.807) is 13.0 Å². The predicted molar refractivity (Wildman–Crippen MR) is 444 cm³/mol. The third kappa shape index (κ3) is 12.5. The van der Waals surface area contributed by atoms with Gasteiger partial charge in [0, 0.05) is 93.9 Å². The molecule has 0 unspecified atom stereocenters. The van der Waals surface area contributed by atoms with E-state index in [1.807, 2.05) is 325 Å².